The molecule has 0 bridgehead atoms. The number of morpholine rings is 1. The Morgan fingerprint density at radius 1 is 1.38 bits per heavy atom. The first-order chi connectivity index (χ1) is 11.8. The van der Waals surface area contributed by atoms with Gasteiger partial charge in [-0.15, -0.1) is 0 Å². The average Bonchev–Trinajstić information content (AvgIpc) is 3.15. The summed E-state index contributed by atoms with van der Waals surface area (Å²) in [5.41, 5.74) is 2.30. The lowest BCUT2D eigenvalue weighted by atomic mass is 10.1. The lowest BCUT2D eigenvalue weighted by Gasteiger charge is -2.34. The number of ether oxygens (including phenoxy) is 2. The summed E-state index contributed by atoms with van der Waals surface area (Å²) in [5, 5.41) is 8.00. The van der Waals surface area contributed by atoms with Gasteiger partial charge in [0.2, 0.25) is 0 Å². The van der Waals surface area contributed by atoms with Crippen LogP contribution in [-0.2, 0) is 4.74 Å². The maximum Gasteiger partial charge on any atom is 0.133 e. The van der Waals surface area contributed by atoms with Crippen LogP contribution in [0.15, 0.2) is 30.6 Å². The number of rotatable bonds is 3. The van der Waals surface area contributed by atoms with E-state index in [0.29, 0.717) is 13.2 Å². The highest BCUT2D eigenvalue weighted by Gasteiger charge is 2.22. The van der Waals surface area contributed by atoms with Crippen LogP contribution in [-0.4, -0.2) is 53.1 Å². The van der Waals surface area contributed by atoms with Crippen molar-refractivity contribution in [2.24, 2.45) is 0 Å². The van der Waals surface area contributed by atoms with Gasteiger partial charge < -0.3 is 14.4 Å². The molecule has 0 spiro atoms. The number of hydrogen-bond donors (Lipinski definition) is 1. The molecule has 3 aromatic rings. The number of methoxy groups -OCH3 is 1. The fourth-order valence-electron chi connectivity index (χ4n) is 3.07. The van der Waals surface area contributed by atoms with E-state index < -0.39 is 0 Å². The van der Waals surface area contributed by atoms with Gasteiger partial charge in [-0.3, -0.25) is 10.1 Å². The number of H-pyrrole nitrogens is 1. The van der Waals surface area contributed by atoms with Gasteiger partial charge in [0.1, 0.15) is 28.5 Å². The standard InChI is InChI=1S/C17H19N5O2/c1-11-10-24-8-7-22(11)15-9-14(23-2)12-3-5-18-17(16(12)20-15)13-4-6-19-21-13/h3-6,9,11H,7-8,10H2,1-2H3,(H,19,21). The molecule has 1 atom stereocenters. The van der Waals surface area contributed by atoms with E-state index >= 15 is 0 Å². The fraction of sp³-hybridized carbons (Fsp3) is 0.353. The van der Waals surface area contributed by atoms with Crippen LogP contribution in [0.3, 0.4) is 0 Å². The molecule has 7 nitrogen and oxygen atoms in total. The molecule has 0 aromatic carbocycles. The first-order valence-corrected chi connectivity index (χ1v) is 7.96. The van der Waals surface area contributed by atoms with Crippen molar-refractivity contribution >= 4 is 16.7 Å². The summed E-state index contributed by atoms with van der Waals surface area (Å²) in [7, 11) is 1.68. The Hall–Kier alpha value is -2.67. The first kappa shape index (κ1) is 14.9. The molecule has 0 amide bonds. The highest BCUT2D eigenvalue weighted by atomic mass is 16.5. The fourth-order valence-corrected chi connectivity index (χ4v) is 3.07. The zero-order valence-electron chi connectivity index (χ0n) is 13.7. The summed E-state index contributed by atoms with van der Waals surface area (Å²) in [6, 6.07) is 6.06. The van der Waals surface area contributed by atoms with Crippen LogP contribution in [0.5, 0.6) is 5.75 Å². The minimum absolute atomic E-state index is 0.263. The normalized spacial score (nSPS) is 18.1. The van der Waals surface area contributed by atoms with E-state index in [0.717, 1.165) is 40.4 Å². The Morgan fingerprint density at radius 3 is 3.04 bits per heavy atom. The van der Waals surface area contributed by atoms with Gasteiger partial charge in [0.05, 0.1) is 26.4 Å². The second kappa shape index (κ2) is 6.09. The van der Waals surface area contributed by atoms with Crippen molar-refractivity contribution in [3.63, 3.8) is 0 Å². The Morgan fingerprint density at radius 2 is 2.29 bits per heavy atom. The average molecular weight is 325 g/mol. The van der Waals surface area contributed by atoms with Crippen molar-refractivity contribution in [1.82, 2.24) is 20.2 Å². The van der Waals surface area contributed by atoms with Gasteiger partial charge in [-0.05, 0) is 19.1 Å². The Labute approximate surface area is 139 Å². The number of fused-ring (bicyclic) bond motifs is 1. The maximum absolute atomic E-state index is 5.61. The first-order valence-electron chi connectivity index (χ1n) is 7.96. The lowest BCUT2D eigenvalue weighted by Crippen LogP contribution is -2.44. The van der Waals surface area contributed by atoms with E-state index in [1.807, 2.05) is 18.2 Å². The quantitative estimate of drug-likeness (QED) is 0.796. The third-order valence-corrected chi connectivity index (χ3v) is 4.30. The monoisotopic (exact) mass is 325 g/mol. The van der Waals surface area contributed by atoms with Gasteiger partial charge >= 0.3 is 0 Å². The van der Waals surface area contributed by atoms with E-state index in [1.54, 1.807) is 19.5 Å². The number of nitrogens with one attached hydrogen (secondary N) is 1. The van der Waals surface area contributed by atoms with Gasteiger partial charge in [-0.25, -0.2) is 4.98 Å². The molecule has 4 rings (SSSR count). The van der Waals surface area contributed by atoms with Gasteiger partial charge in [0.25, 0.3) is 0 Å². The van der Waals surface area contributed by atoms with E-state index in [9.17, 15) is 0 Å². The van der Waals surface area contributed by atoms with Gasteiger partial charge in [0.15, 0.2) is 0 Å². The van der Waals surface area contributed by atoms with E-state index in [4.69, 9.17) is 14.5 Å². The molecule has 0 radical (unpaired) electrons. The van der Waals surface area contributed by atoms with Crippen LogP contribution in [0.4, 0.5) is 5.82 Å². The highest BCUT2D eigenvalue weighted by molar-refractivity contribution is 5.95. The van der Waals surface area contributed by atoms with Gasteiger partial charge in [-0.2, -0.15) is 5.10 Å². The predicted molar refractivity (Wildman–Crippen MR) is 91.3 cm³/mol. The molecule has 1 N–H and O–H groups in total. The Balaban J connectivity index is 1.92. The number of aromatic nitrogens is 4. The Kier molecular flexibility index (Phi) is 3.78. The summed E-state index contributed by atoms with van der Waals surface area (Å²) in [6.45, 7) is 4.34. The molecule has 7 heteroatoms. The second-order valence-corrected chi connectivity index (χ2v) is 5.82. The van der Waals surface area contributed by atoms with E-state index in [1.165, 1.54) is 0 Å². The van der Waals surface area contributed by atoms with Crippen molar-refractivity contribution in [2.75, 3.05) is 31.8 Å². The highest BCUT2D eigenvalue weighted by Crippen LogP contribution is 2.33. The molecule has 1 unspecified atom stereocenters. The summed E-state index contributed by atoms with van der Waals surface area (Å²) in [6.07, 6.45) is 3.54. The molecule has 1 fully saturated rings. The minimum atomic E-state index is 0.263. The van der Waals surface area contributed by atoms with E-state index in [-0.39, 0.29) is 6.04 Å². The number of anilines is 1. The zero-order valence-corrected chi connectivity index (χ0v) is 13.7. The molecule has 1 aliphatic heterocycles. The topological polar surface area (TPSA) is 76.2 Å². The van der Waals surface area contributed by atoms with Crippen LogP contribution >= 0.6 is 0 Å². The van der Waals surface area contributed by atoms with Crippen molar-refractivity contribution in [2.45, 2.75) is 13.0 Å². The maximum atomic E-state index is 5.61. The van der Waals surface area contributed by atoms with Crippen molar-refractivity contribution in [3.05, 3.63) is 30.6 Å². The molecule has 124 valence electrons. The van der Waals surface area contributed by atoms with Crippen LogP contribution < -0.4 is 9.64 Å². The third-order valence-electron chi connectivity index (χ3n) is 4.30. The van der Waals surface area contributed by atoms with Crippen LogP contribution in [0, 0.1) is 0 Å². The molecule has 0 saturated carbocycles. The third kappa shape index (κ3) is 2.46. The molecule has 24 heavy (non-hydrogen) atoms. The predicted octanol–water partition coefficient (Wildman–Crippen LogP) is 2.25. The molecule has 1 aliphatic rings. The summed E-state index contributed by atoms with van der Waals surface area (Å²) < 4.78 is 11.1. The summed E-state index contributed by atoms with van der Waals surface area (Å²) in [4.78, 5) is 11.6. The van der Waals surface area contributed by atoms with Gasteiger partial charge in [-0.1, -0.05) is 0 Å². The van der Waals surface area contributed by atoms with Crippen molar-refractivity contribution in [3.8, 4) is 17.1 Å². The summed E-state index contributed by atoms with van der Waals surface area (Å²) in [5.74, 6) is 1.66. The zero-order chi connectivity index (χ0) is 16.5. The number of nitrogens with zero attached hydrogens (tertiary/aromatic N) is 4. The molecular formula is C17H19N5O2. The lowest BCUT2D eigenvalue weighted by molar-refractivity contribution is 0.0985. The van der Waals surface area contributed by atoms with Gasteiger partial charge in [0, 0.05) is 30.4 Å². The molecular weight excluding hydrogens is 306 g/mol. The second-order valence-electron chi connectivity index (χ2n) is 5.82. The number of aromatic amines is 1. The van der Waals surface area contributed by atoms with Crippen molar-refractivity contribution in [1.29, 1.82) is 0 Å². The van der Waals surface area contributed by atoms with E-state index in [2.05, 4.69) is 27.0 Å². The molecule has 4 heterocycles. The number of hydrogen-bond acceptors (Lipinski definition) is 6. The number of pyridine rings is 2. The minimum Gasteiger partial charge on any atom is -0.496 e. The van der Waals surface area contributed by atoms with Crippen molar-refractivity contribution < 1.29 is 9.47 Å². The summed E-state index contributed by atoms with van der Waals surface area (Å²) >= 11 is 0. The molecule has 1 saturated heterocycles. The van der Waals surface area contributed by atoms with Crippen LogP contribution in [0.25, 0.3) is 22.3 Å². The largest absolute Gasteiger partial charge is 0.496 e. The SMILES string of the molecule is COc1cc(N2CCOCC2C)nc2c(-c3cc[nH]n3)nccc12. The molecule has 0 aliphatic carbocycles. The smallest absolute Gasteiger partial charge is 0.133 e. The Bertz CT molecular complexity index is 850. The van der Waals surface area contributed by atoms with Crippen LogP contribution in [0.1, 0.15) is 6.92 Å². The van der Waals surface area contributed by atoms with Crippen LogP contribution in [0.2, 0.25) is 0 Å². The molecule has 3 aromatic heterocycles.